The van der Waals surface area contributed by atoms with E-state index in [1.807, 2.05) is 38.1 Å². The maximum Gasteiger partial charge on any atom is 0.256 e. The summed E-state index contributed by atoms with van der Waals surface area (Å²) in [6.45, 7) is 3.99. The number of benzene rings is 2. The Kier molecular flexibility index (Phi) is 3.54. The van der Waals surface area contributed by atoms with Gasteiger partial charge >= 0.3 is 0 Å². The van der Waals surface area contributed by atoms with Crippen LogP contribution < -0.4 is 5.32 Å². The lowest BCUT2D eigenvalue weighted by Crippen LogP contribution is -2.50. The van der Waals surface area contributed by atoms with Crippen molar-refractivity contribution in [3.05, 3.63) is 59.7 Å². The average Bonchev–Trinajstić information content (AvgIpc) is 3.00. The summed E-state index contributed by atoms with van der Waals surface area (Å²) in [6, 6.07) is 13.3. The highest BCUT2D eigenvalue weighted by atomic mass is 32.2. The molecule has 2 aliphatic heterocycles. The van der Waals surface area contributed by atoms with Crippen LogP contribution in [-0.4, -0.2) is 32.6 Å². The van der Waals surface area contributed by atoms with Gasteiger partial charge < -0.3 is 15.3 Å². The zero-order valence-corrected chi connectivity index (χ0v) is 14.7. The molecular weight excluding hydrogens is 336 g/mol. The van der Waals surface area contributed by atoms with E-state index in [0.717, 1.165) is 5.56 Å². The number of hydrogen-bond donors (Lipinski definition) is 2. The molecule has 2 unspecified atom stereocenters. The van der Waals surface area contributed by atoms with Gasteiger partial charge in [-0.25, -0.2) is 0 Å². The molecule has 0 aliphatic carbocycles. The molecule has 2 heterocycles. The maximum absolute atomic E-state index is 13.0. The van der Waals surface area contributed by atoms with E-state index in [9.17, 15) is 14.7 Å². The zero-order chi connectivity index (χ0) is 17.8. The molecule has 2 aromatic rings. The molecule has 128 valence electrons. The molecule has 2 N–H and O–H groups in total. The Hall–Kier alpha value is -2.47. The molecule has 2 atom stereocenters. The van der Waals surface area contributed by atoms with Gasteiger partial charge in [-0.1, -0.05) is 18.2 Å². The molecular formula is C19H18N2O3S. The number of nitrogens with zero attached hydrogens (tertiary/aromatic N) is 1. The number of thioether (sulfide) groups is 1. The molecule has 0 radical (unpaired) electrons. The number of anilines is 1. The minimum Gasteiger partial charge on any atom is -0.508 e. The predicted octanol–water partition coefficient (Wildman–Crippen LogP) is 3.38. The average molecular weight is 354 g/mol. The molecule has 2 amide bonds. The Morgan fingerprint density at radius 1 is 1.16 bits per heavy atom. The number of carbonyl (C=O) groups is 2. The largest absolute Gasteiger partial charge is 0.508 e. The SMILES string of the molecule is CC1(C)SC2c3ccccc3C(=O)N2C1C(=O)Nc1ccc(O)cc1. The third kappa shape index (κ3) is 2.48. The second-order valence-corrected chi connectivity index (χ2v) is 8.55. The lowest BCUT2D eigenvalue weighted by Gasteiger charge is -2.29. The Morgan fingerprint density at radius 2 is 1.84 bits per heavy atom. The zero-order valence-electron chi connectivity index (χ0n) is 13.9. The van der Waals surface area contributed by atoms with Gasteiger partial charge in [0, 0.05) is 16.0 Å². The molecule has 1 saturated heterocycles. The standard InChI is InChI=1S/C19H18N2O3S/c1-19(2)15(16(23)20-11-7-9-12(22)10-8-11)21-17(24)13-5-3-4-6-14(13)18(21)25-19/h3-10,15,18,22H,1-2H3,(H,20,23). The van der Waals surface area contributed by atoms with E-state index in [4.69, 9.17) is 0 Å². The van der Waals surface area contributed by atoms with E-state index in [1.54, 1.807) is 28.8 Å². The van der Waals surface area contributed by atoms with Crippen LogP contribution in [-0.2, 0) is 4.79 Å². The Morgan fingerprint density at radius 3 is 2.56 bits per heavy atom. The molecule has 2 aliphatic rings. The second kappa shape index (κ2) is 5.52. The van der Waals surface area contributed by atoms with Crippen molar-refractivity contribution in [1.29, 1.82) is 0 Å². The summed E-state index contributed by atoms with van der Waals surface area (Å²) in [5.41, 5.74) is 2.25. The van der Waals surface area contributed by atoms with Crippen molar-refractivity contribution in [3.63, 3.8) is 0 Å². The Bertz CT molecular complexity index is 863. The van der Waals surface area contributed by atoms with Crippen LogP contribution in [0.15, 0.2) is 48.5 Å². The van der Waals surface area contributed by atoms with E-state index >= 15 is 0 Å². The first-order valence-electron chi connectivity index (χ1n) is 8.08. The number of aromatic hydroxyl groups is 1. The van der Waals surface area contributed by atoms with Crippen LogP contribution >= 0.6 is 11.8 Å². The highest BCUT2D eigenvalue weighted by Crippen LogP contribution is 2.56. The Labute approximate surface area is 150 Å². The fourth-order valence-electron chi connectivity index (χ4n) is 3.56. The van der Waals surface area contributed by atoms with Crippen LogP contribution in [0.1, 0.15) is 35.1 Å². The molecule has 0 saturated carbocycles. The summed E-state index contributed by atoms with van der Waals surface area (Å²) in [7, 11) is 0. The highest BCUT2D eigenvalue weighted by molar-refractivity contribution is 8.01. The molecule has 5 nitrogen and oxygen atoms in total. The number of phenolic OH excluding ortho intramolecular Hbond substituents is 1. The van der Waals surface area contributed by atoms with Gasteiger partial charge in [0.15, 0.2) is 0 Å². The normalized spacial score (nSPS) is 23.3. The Balaban J connectivity index is 1.66. The monoisotopic (exact) mass is 354 g/mol. The van der Waals surface area contributed by atoms with E-state index in [-0.39, 0.29) is 22.9 Å². The van der Waals surface area contributed by atoms with Crippen molar-refractivity contribution in [2.24, 2.45) is 0 Å². The number of nitrogens with one attached hydrogen (secondary N) is 1. The number of rotatable bonds is 2. The molecule has 4 rings (SSSR count). The van der Waals surface area contributed by atoms with Crippen molar-refractivity contribution in [1.82, 2.24) is 4.90 Å². The predicted molar refractivity (Wildman–Crippen MR) is 97.5 cm³/mol. The molecule has 25 heavy (non-hydrogen) atoms. The van der Waals surface area contributed by atoms with Gasteiger partial charge in [0.2, 0.25) is 5.91 Å². The minimum atomic E-state index is -0.573. The molecule has 2 aromatic carbocycles. The van der Waals surface area contributed by atoms with Crippen LogP contribution in [0.4, 0.5) is 5.69 Å². The first-order valence-corrected chi connectivity index (χ1v) is 8.96. The third-order valence-electron chi connectivity index (χ3n) is 4.68. The number of amides is 2. The fraction of sp³-hybridized carbons (Fsp3) is 0.263. The van der Waals surface area contributed by atoms with Crippen molar-refractivity contribution in [2.75, 3.05) is 5.32 Å². The van der Waals surface area contributed by atoms with Crippen LogP contribution in [0.3, 0.4) is 0 Å². The van der Waals surface area contributed by atoms with Crippen molar-refractivity contribution in [3.8, 4) is 5.75 Å². The van der Waals surface area contributed by atoms with Crippen LogP contribution in [0.5, 0.6) is 5.75 Å². The lowest BCUT2D eigenvalue weighted by molar-refractivity contribution is -0.121. The lowest BCUT2D eigenvalue weighted by atomic mass is 10.0. The maximum atomic E-state index is 13.0. The smallest absolute Gasteiger partial charge is 0.256 e. The van der Waals surface area contributed by atoms with Gasteiger partial charge in [-0.3, -0.25) is 9.59 Å². The van der Waals surface area contributed by atoms with Crippen LogP contribution in [0, 0.1) is 0 Å². The summed E-state index contributed by atoms with van der Waals surface area (Å²) >= 11 is 1.64. The summed E-state index contributed by atoms with van der Waals surface area (Å²) in [6.07, 6.45) is 0. The van der Waals surface area contributed by atoms with Crippen molar-refractivity contribution >= 4 is 29.3 Å². The highest BCUT2D eigenvalue weighted by Gasteiger charge is 2.57. The quantitative estimate of drug-likeness (QED) is 0.811. The van der Waals surface area contributed by atoms with Crippen LogP contribution in [0.25, 0.3) is 0 Å². The van der Waals surface area contributed by atoms with Gasteiger partial charge in [-0.05, 0) is 49.7 Å². The first kappa shape index (κ1) is 16.0. The summed E-state index contributed by atoms with van der Waals surface area (Å²) in [5.74, 6) is -0.170. The number of phenols is 1. The molecule has 0 bridgehead atoms. The van der Waals surface area contributed by atoms with Gasteiger partial charge in [-0.2, -0.15) is 0 Å². The van der Waals surface area contributed by atoms with E-state index in [1.165, 1.54) is 12.1 Å². The number of carbonyl (C=O) groups excluding carboxylic acids is 2. The van der Waals surface area contributed by atoms with Gasteiger partial charge in [0.25, 0.3) is 5.91 Å². The molecule has 1 fully saturated rings. The van der Waals surface area contributed by atoms with Crippen molar-refractivity contribution < 1.29 is 14.7 Å². The van der Waals surface area contributed by atoms with Gasteiger partial charge in [0.05, 0.1) is 0 Å². The first-order chi connectivity index (χ1) is 11.9. The van der Waals surface area contributed by atoms with Gasteiger partial charge in [-0.15, -0.1) is 11.8 Å². The summed E-state index contributed by atoms with van der Waals surface area (Å²) in [4.78, 5) is 27.6. The molecule has 0 aromatic heterocycles. The van der Waals surface area contributed by atoms with Crippen LogP contribution in [0.2, 0.25) is 0 Å². The van der Waals surface area contributed by atoms with E-state index < -0.39 is 10.8 Å². The second-order valence-electron chi connectivity index (χ2n) is 6.81. The minimum absolute atomic E-state index is 0.0930. The summed E-state index contributed by atoms with van der Waals surface area (Å²) < 4.78 is -0.408. The number of fused-ring (bicyclic) bond motifs is 3. The topological polar surface area (TPSA) is 69.6 Å². The van der Waals surface area contributed by atoms with E-state index in [2.05, 4.69) is 5.32 Å². The van der Waals surface area contributed by atoms with Crippen molar-refractivity contribution in [2.45, 2.75) is 30.0 Å². The van der Waals surface area contributed by atoms with E-state index in [0.29, 0.717) is 11.3 Å². The van der Waals surface area contributed by atoms with Gasteiger partial charge in [0.1, 0.15) is 17.2 Å². The third-order valence-corrected chi connectivity index (χ3v) is 6.21. The fourth-order valence-corrected chi connectivity index (χ4v) is 5.15. The molecule has 0 spiro atoms. The number of hydrogen-bond acceptors (Lipinski definition) is 4. The molecule has 6 heteroatoms. The summed E-state index contributed by atoms with van der Waals surface area (Å²) in [5, 5.41) is 12.1.